The van der Waals surface area contributed by atoms with Crippen LogP contribution in [0.3, 0.4) is 0 Å². The van der Waals surface area contributed by atoms with Crippen molar-refractivity contribution in [1.82, 2.24) is 16.0 Å². The number of carbonyl (C=O) groups is 4. The lowest BCUT2D eigenvalue weighted by molar-refractivity contribution is -0.292. The molecule has 23 nitrogen and oxygen atoms in total. The van der Waals surface area contributed by atoms with E-state index in [2.05, 4.69) is 41.3 Å². The third-order valence-corrected chi connectivity index (χ3v) is 18.3. The van der Waals surface area contributed by atoms with Crippen LogP contribution in [0.15, 0.2) is 48.6 Å². The van der Waals surface area contributed by atoms with E-state index in [-0.39, 0.29) is 98.9 Å². The lowest BCUT2D eigenvalue weighted by Gasteiger charge is -2.47. The van der Waals surface area contributed by atoms with Gasteiger partial charge in [0.25, 0.3) is 0 Å². The molecule has 0 radical (unpaired) electrons. The van der Waals surface area contributed by atoms with E-state index in [4.69, 9.17) is 57.6 Å². The predicted octanol–water partition coefficient (Wildman–Crippen LogP) is 4.50. The van der Waals surface area contributed by atoms with Gasteiger partial charge in [-0.3, -0.25) is 14.1 Å². The first-order valence-corrected chi connectivity index (χ1v) is 29.8. The molecule has 1 aromatic carbocycles. The topological polar surface area (TPSA) is 301 Å². The molecule has 12 bridgehead atoms. The van der Waals surface area contributed by atoms with Crippen molar-refractivity contribution in [3.8, 4) is 0 Å². The van der Waals surface area contributed by atoms with Gasteiger partial charge in [0.15, 0.2) is 5.79 Å². The van der Waals surface area contributed by atoms with Crippen LogP contribution in [0, 0.1) is 11.8 Å². The van der Waals surface area contributed by atoms with Crippen molar-refractivity contribution >= 4 is 37.3 Å². The van der Waals surface area contributed by atoms with Crippen LogP contribution in [0.4, 0.5) is 15.3 Å². The number of ether oxygens (including phenoxy) is 10. The number of anilines is 1. The summed E-state index contributed by atoms with van der Waals surface area (Å²) in [5, 5.41) is 10.9. The third-order valence-electron chi connectivity index (χ3n) is 17.7. The molecule has 10 saturated heterocycles. The van der Waals surface area contributed by atoms with Crippen LogP contribution in [0.5, 0.6) is 0 Å². The van der Waals surface area contributed by atoms with E-state index in [0.29, 0.717) is 62.7 Å². The van der Waals surface area contributed by atoms with Crippen LogP contribution in [-0.4, -0.2) is 170 Å². The largest absolute Gasteiger partial charge is 0.469 e. The van der Waals surface area contributed by atoms with E-state index < -0.39 is 86.5 Å². The highest BCUT2D eigenvalue weighted by atomic mass is 31.2. The van der Waals surface area contributed by atoms with E-state index in [1.165, 1.54) is 7.11 Å². The number of urea groups is 1. The Labute approximate surface area is 460 Å². The average Bonchev–Trinajstić information content (AvgIpc) is 3.83. The lowest BCUT2D eigenvalue weighted by Crippen LogP contribution is -2.61. The Morgan fingerprint density at radius 2 is 1.57 bits per heavy atom. The highest BCUT2D eigenvalue weighted by Gasteiger charge is 2.69. The number of primary amides is 1. The zero-order chi connectivity index (χ0) is 55.8. The smallest absolute Gasteiger partial charge is 0.445 e. The minimum atomic E-state index is -5.13. The van der Waals surface area contributed by atoms with Gasteiger partial charge in [-0.1, -0.05) is 32.2 Å². The summed E-state index contributed by atoms with van der Waals surface area (Å²) in [6, 6.07) is 5.51. The van der Waals surface area contributed by atoms with Gasteiger partial charge in [0.05, 0.1) is 73.2 Å². The van der Waals surface area contributed by atoms with Crippen LogP contribution in [0.25, 0.3) is 0 Å². The number of rotatable bonds is 16. The number of likely N-dealkylation sites (N-methyl/N-ethyl adjacent to an activating group) is 1. The molecule has 8 N–H and O–H groups in total. The Morgan fingerprint density at radius 1 is 0.835 bits per heavy atom. The number of benzene rings is 1. The molecule has 79 heavy (non-hydrogen) atoms. The van der Waals surface area contributed by atoms with Crippen LogP contribution in [0.2, 0.25) is 0 Å². The second-order valence-electron chi connectivity index (χ2n) is 23.2. The van der Waals surface area contributed by atoms with Crippen LogP contribution < -0.4 is 27.0 Å². The molecule has 10 aliphatic rings. The number of amides is 4. The van der Waals surface area contributed by atoms with E-state index >= 15 is 0 Å². The quantitative estimate of drug-likeness (QED) is 0.0681. The van der Waals surface area contributed by atoms with E-state index in [1.54, 1.807) is 31.3 Å². The number of fused-ring (bicyclic) bond motifs is 6. The van der Waals surface area contributed by atoms with E-state index in [9.17, 15) is 33.5 Å². The number of hydrogen-bond acceptors (Lipinski definition) is 17. The number of phosphoric acid groups is 1. The predicted molar refractivity (Wildman–Crippen MR) is 281 cm³/mol. The maximum atomic E-state index is 14.5. The second kappa shape index (κ2) is 24.9. The fourth-order valence-corrected chi connectivity index (χ4v) is 14.3. The minimum absolute atomic E-state index is 0.0393. The second-order valence-corrected chi connectivity index (χ2v) is 24.4. The number of alkyl carbamates (subject to hydrolysis) is 1. The van der Waals surface area contributed by atoms with Gasteiger partial charge < -0.3 is 84.2 Å². The van der Waals surface area contributed by atoms with Crippen LogP contribution in [0.1, 0.15) is 109 Å². The Hall–Kier alpha value is -3.91. The summed E-state index contributed by atoms with van der Waals surface area (Å²) in [6.07, 6.45) is -0.128. The molecule has 0 saturated carbocycles. The summed E-state index contributed by atoms with van der Waals surface area (Å²) in [7, 11) is -1.95. The van der Waals surface area contributed by atoms with Gasteiger partial charge >= 0.3 is 19.9 Å². The van der Waals surface area contributed by atoms with Crippen molar-refractivity contribution < 1.29 is 85.4 Å². The number of carbonyl (C=O) groups excluding carboxylic acids is 4. The average molecular weight is 1130 g/mol. The Morgan fingerprint density at radius 3 is 2.33 bits per heavy atom. The Balaban J connectivity index is 0.810. The Bertz CT molecular complexity index is 2430. The summed E-state index contributed by atoms with van der Waals surface area (Å²) in [5.41, 5.74) is 8.20. The number of ketones is 1. The molecular formula is C55H80N5O18P. The Kier molecular flexibility index (Phi) is 18.4. The van der Waals surface area contributed by atoms with Gasteiger partial charge in [-0.05, 0) is 99.6 Å². The zero-order valence-corrected chi connectivity index (χ0v) is 46.3. The molecule has 10 aliphatic heterocycles. The molecule has 24 heteroatoms. The first-order chi connectivity index (χ1) is 37.8. The fourth-order valence-electron chi connectivity index (χ4n) is 13.8. The van der Waals surface area contributed by atoms with E-state index in [0.717, 1.165) is 43.3 Å². The molecule has 0 unspecified atom stereocenters. The summed E-state index contributed by atoms with van der Waals surface area (Å²) in [5.74, 6) is -1.62. The van der Waals surface area contributed by atoms with Crippen molar-refractivity contribution in [2.75, 3.05) is 32.6 Å². The van der Waals surface area contributed by atoms with Crippen molar-refractivity contribution in [3.05, 3.63) is 54.1 Å². The lowest BCUT2D eigenvalue weighted by atomic mass is 9.81. The van der Waals surface area contributed by atoms with Crippen LogP contribution >= 0.6 is 7.82 Å². The summed E-state index contributed by atoms with van der Waals surface area (Å²) in [4.78, 5) is 71.7. The van der Waals surface area contributed by atoms with Gasteiger partial charge in [0.1, 0.15) is 42.9 Å². The van der Waals surface area contributed by atoms with Crippen molar-refractivity contribution in [1.29, 1.82) is 0 Å². The van der Waals surface area contributed by atoms with Crippen molar-refractivity contribution in [2.45, 2.75) is 219 Å². The number of phosphoric ester groups is 1. The number of nitrogens with two attached hydrogens (primary N) is 1. The van der Waals surface area contributed by atoms with Crippen molar-refractivity contribution in [3.63, 3.8) is 0 Å². The van der Waals surface area contributed by atoms with Gasteiger partial charge in [-0.2, -0.15) is 0 Å². The first kappa shape index (κ1) is 58.3. The molecule has 10 heterocycles. The third kappa shape index (κ3) is 13.8. The number of Topliss-reactive ketones (excluding diaryl/α,β-unsaturated/α-hetero) is 1. The molecule has 0 aliphatic carbocycles. The molecule has 438 valence electrons. The SMILES string of the molecule is C=C1C[C@@H]2CC[C@@]34C[C@H]5O[C@H]6[C@@H](O3)[C@H]3O[C@H](CC[C@@H]3O[C@H]6[C@H]5O4)CC(=O)C[C@@H]3[C@@H](OC)[C@@H](C[C@@H](CNC(=O)OCc4ccc(NC(=O)[C@H](CCCNC(N)=O)NC)cc4)OP(=O)(O)O)O[C@H]3C[C@H]3O[C@@H](CC[C@@H]1O2)C[C@@H](C)C3=C. The summed E-state index contributed by atoms with van der Waals surface area (Å²) in [6.45, 7) is 10.9. The zero-order valence-electron chi connectivity index (χ0n) is 45.4. The molecule has 20 atom stereocenters. The van der Waals surface area contributed by atoms with Gasteiger partial charge in [0, 0.05) is 70.3 Å². The van der Waals surface area contributed by atoms with Gasteiger partial charge in [-0.15, -0.1) is 0 Å². The summed E-state index contributed by atoms with van der Waals surface area (Å²) < 4.78 is 83.8. The standard InChI is InChI=1S/C55H80N5O18P/c1-28-19-34-12-14-40-29(2)20-36(70-40)16-17-55-25-45-48(76-55)49-50(75-45)51(77-55)47-41(74-49)15-13-35(72-47)21-33(61)22-38-43(24-42(71-34)30(28)3)73-44(46(38)68-5)23-37(78-79(65,66)67)26-59-54(64)69-27-31-8-10-32(11-9-31)60-52(62)39(57-4)7-6-18-58-53(56)63/h8-11,28,34-51,57H,2-3,6-7,12-27H2,1,4-5H3,(H,59,64)(H,60,62)(H3,56,58,63)(H2,65,66,67)/t28-,34+,35-,36+,37+,38+,39+,40+,41+,42-,43+,44-,45-,46-,47+,48+,49+,50-,51+,55+/m1/s1. The highest BCUT2D eigenvalue weighted by Crippen LogP contribution is 2.55. The van der Waals surface area contributed by atoms with Crippen LogP contribution in [-0.2, 0) is 72.7 Å². The van der Waals surface area contributed by atoms with Crippen molar-refractivity contribution in [2.24, 2.45) is 17.6 Å². The molecule has 1 spiro atoms. The van der Waals surface area contributed by atoms with Gasteiger partial charge in [0.2, 0.25) is 5.91 Å². The molecular weight excluding hydrogens is 1050 g/mol. The summed E-state index contributed by atoms with van der Waals surface area (Å²) >= 11 is 0. The molecule has 11 rings (SSSR count). The minimum Gasteiger partial charge on any atom is -0.445 e. The highest BCUT2D eigenvalue weighted by molar-refractivity contribution is 7.46. The molecule has 10 fully saturated rings. The normalized spacial score (nSPS) is 38.8. The number of hydrogen-bond donors (Lipinski definition) is 7. The maximum absolute atomic E-state index is 14.5. The molecule has 4 amide bonds. The monoisotopic (exact) mass is 1130 g/mol. The first-order valence-electron chi connectivity index (χ1n) is 28.3. The maximum Gasteiger partial charge on any atom is 0.469 e. The fraction of sp³-hybridized carbons (Fsp3) is 0.745. The number of methoxy groups -OCH3 is 1. The molecule has 0 aromatic heterocycles. The molecule has 1 aromatic rings. The number of nitrogens with one attached hydrogen (secondary N) is 4. The van der Waals surface area contributed by atoms with E-state index in [1.807, 2.05) is 0 Å². The van der Waals surface area contributed by atoms with Gasteiger partial charge in [-0.25, -0.2) is 14.2 Å².